The van der Waals surface area contributed by atoms with Gasteiger partial charge in [-0.25, -0.2) is 13.4 Å². The first kappa shape index (κ1) is 18.4. The number of sulfone groups is 1. The highest BCUT2D eigenvalue weighted by Gasteiger charge is 2.34. The summed E-state index contributed by atoms with van der Waals surface area (Å²) in [6.07, 6.45) is 1.26. The predicted octanol–water partition coefficient (Wildman–Crippen LogP) is 1.50. The average Bonchev–Trinajstić information content (AvgIpc) is 3.16. The Hall–Kier alpha value is -1.39. The van der Waals surface area contributed by atoms with Crippen molar-refractivity contribution in [1.29, 1.82) is 0 Å². The first-order valence-corrected chi connectivity index (χ1v) is 11.7. The van der Waals surface area contributed by atoms with Gasteiger partial charge in [-0.05, 0) is 24.3 Å². The van der Waals surface area contributed by atoms with Crippen molar-refractivity contribution in [2.45, 2.75) is 31.0 Å². The molecule has 7 nitrogen and oxygen atoms in total. The number of carbonyl (C=O) groups excluding carboxylic acids is 1. The summed E-state index contributed by atoms with van der Waals surface area (Å²) in [5, 5.41) is 2.75. The standard InChI is InChI=1S/C15H19N3O4S3/c1-2-5-18(10-4-7-25(21,22)9-10)12(19)8-24-15-16-13(20)11-3-6-23-14(11)17-15/h3,6,10H,2,4-5,7-9H2,1H3,(H,16,17,20)/t10-/m0/s1. The first-order chi connectivity index (χ1) is 11.9. The van der Waals surface area contributed by atoms with Gasteiger partial charge >= 0.3 is 0 Å². The van der Waals surface area contributed by atoms with E-state index in [0.29, 0.717) is 28.3 Å². The molecular weight excluding hydrogens is 382 g/mol. The molecule has 2 aromatic rings. The Balaban J connectivity index is 1.69. The van der Waals surface area contributed by atoms with Crippen molar-refractivity contribution in [2.24, 2.45) is 0 Å². The molecule has 0 bridgehead atoms. The molecule has 2 aromatic heterocycles. The number of amides is 1. The highest BCUT2D eigenvalue weighted by molar-refractivity contribution is 7.99. The number of hydrogen-bond acceptors (Lipinski definition) is 7. The van der Waals surface area contributed by atoms with Gasteiger partial charge in [-0.1, -0.05) is 18.7 Å². The Morgan fingerprint density at radius 2 is 2.32 bits per heavy atom. The topological polar surface area (TPSA) is 100 Å². The van der Waals surface area contributed by atoms with Crippen LogP contribution < -0.4 is 5.56 Å². The van der Waals surface area contributed by atoms with Crippen LogP contribution in [0.2, 0.25) is 0 Å². The van der Waals surface area contributed by atoms with Gasteiger partial charge in [0.15, 0.2) is 15.0 Å². The van der Waals surface area contributed by atoms with Crippen LogP contribution >= 0.6 is 23.1 Å². The predicted molar refractivity (Wildman–Crippen MR) is 100 cm³/mol. The Morgan fingerprint density at radius 3 is 3.00 bits per heavy atom. The van der Waals surface area contributed by atoms with Crippen LogP contribution in [0.25, 0.3) is 10.2 Å². The Kier molecular flexibility index (Phi) is 5.49. The van der Waals surface area contributed by atoms with E-state index in [1.54, 1.807) is 16.3 Å². The van der Waals surface area contributed by atoms with Gasteiger partial charge in [-0.2, -0.15) is 0 Å². The van der Waals surface area contributed by atoms with Crippen molar-refractivity contribution in [1.82, 2.24) is 14.9 Å². The SMILES string of the molecule is CCCN(C(=O)CSc1nc2sccc2c(=O)[nH]1)[C@H]1CCS(=O)(=O)C1. The first-order valence-electron chi connectivity index (χ1n) is 8.00. The van der Waals surface area contributed by atoms with Gasteiger partial charge in [0.05, 0.1) is 22.6 Å². The van der Waals surface area contributed by atoms with Crippen LogP contribution in [0, 0.1) is 0 Å². The highest BCUT2D eigenvalue weighted by atomic mass is 32.2. The van der Waals surface area contributed by atoms with E-state index in [1.807, 2.05) is 6.92 Å². The number of H-pyrrole nitrogens is 1. The number of nitrogens with zero attached hydrogens (tertiary/aromatic N) is 2. The lowest BCUT2D eigenvalue weighted by atomic mass is 10.2. The zero-order chi connectivity index (χ0) is 18.0. The highest BCUT2D eigenvalue weighted by Crippen LogP contribution is 2.22. The summed E-state index contributed by atoms with van der Waals surface area (Å²) in [6.45, 7) is 2.49. The quantitative estimate of drug-likeness (QED) is 0.582. The van der Waals surface area contributed by atoms with Gasteiger partial charge in [0.2, 0.25) is 5.91 Å². The summed E-state index contributed by atoms with van der Waals surface area (Å²) in [6, 6.07) is 1.47. The molecule has 3 heterocycles. The largest absolute Gasteiger partial charge is 0.338 e. The van der Waals surface area contributed by atoms with Gasteiger partial charge in [-0.15, -0.1) is 11.3 Å². The van der Waals surface area contributed by atoms with Crippen molar-refractivity contribution in [3.05, 3.63) is 21.8 Å². The van der Waals surface area contributed by atoms with E-state index >= 15 is 0 Å². The molecule has 1 N–H and O–H groups in total. The maximum atomic E-state index is 12.6. The van der Waals surface area contributed by atoms with E-state index in [0.717, 1.165) is 6.42 Å². The van der Waals surface area contributed by atoms with Gasteiger partial charge in [0.1, 0.15) is 4.83 Å². The molecular formula is C15H19N3O4S3. The van der Waals surface area contributed by atoms with Gasteiger partial charge in [0, 0.05) is 12.6 Å². The number of aromatic nitrogens is 2. The number of thiophene rings is 1. The number of hydrogen-bond donors (Lipinski definition) is 1. The van der Waals surface area contributed by atoms with E-state index in [1.165, 1.54) is 23.1 Å². The molecule has 25 heavy (non-hydrogen) atoms. The van der Waals surface area contributed by atoms with Crippen LogP contribution in [-0.2, 0) is 14.6 Å². The lowest BCUT2D eigenvalue weighted by molar-refractivity contribution is -0.130. The minimum Gasteiger partial charge on any atom is -0.338 e. The minimum atomic E-state index is -3.04. The zero-order valence-electron chi connectivity index (χ0n) is 13.7. The molecule has 3 rings (SSSR count). The Bertz CT molecular complexity index is 935. The Morgan fingerprint density at radius 1 is 1.52 bits per heavy atom. The van der Waals surface area contributed by atoms with E-state index < -0.39 is 9.84 Å². The smallest absolute Gasteiger partial charge is 0.260 e. The van der Waals surface area contributed by atoms with E-state index in [9.17, 15) is 18.0 Å². The molecule has 1 saturated heterocycles. The van der Waals surface area contributed by atoms with Crippen molar-refractivity contribution >= 4 is 49.1 Å². The second-order valence-corrected chi connectivity index (χ2v) is 10.0. The second kappa shape index (κ2) is 7.46. The number of carbonyl (C=O) groups is 1. The van der Waals surface area contributed by atoms with Crippen LogP contribution in [0.1, 0.15) is 19.8 Å². The van der Waals surface area contributed by atoms with Crippen molar-refractivity contribution in [3.8, 4) is 0 Å². The van der Waals surface area contributed by atoms with Gasteiger partial charge in [0.25, 0.3) is 5.56 Å². The minimum absolute atomic E-state index is 0.0413. The van der Waals surface area contributed by atoms with Crippen molar-refractivity contribution in [3.63, 3.8) is 0 Å². The number of fused-ring (bicyclic) bond motifs is 1. The molecule has 1 aliphatic rings. The molecule has 0 aliphatic carbocycles. The lowest BCUT2D eigenvalue weighted by Gasteiger charge is -2.27. The summed E-state index contributed by atoms with van der Waals surface area (Å²) in [5.74, 6) is 0.181. The molecule has 0 unspecified atom stereocenters. The average molecular weight is 402 g/mol. The lowest BCUT2D eigenvalue weighted by Crippen LogP contribution is -2.42. The third-order valence-electron chi connectivity index (χ3n) is 4.08. The summed E-state index contributed by atoms with van der Waals surface area (Å²) in [4.78, 5) is 33.9. The molecule has 0 aromatic carbocycles. The molecule has 0 saturated carbocycles. The molecule has 136 valence electrons. The van der Waals surface area contributed by atoms with Crippen LogP contribution in [0.15, 0.2) is 21.4 Å². The third-order valence-corrected chi connectivity index (χ3v) is 7.49. The number of thioether (sulfide) groups is 1. The molecule has 10 heteroatoms. The van der Waals surface area contributed by atoms with Gasteiger partial charge in [-0.3, -0.25) is 9.59 Å². The molecule has 1 amide bonds. The second-order valence-electron chi connectivity index (χ2n) is 5.94. The number of aromatic amines is 1. The molecule has 1 aliphatic heterocycles. The third kappa shape index (κ3) is 4.24. The summed E-state index contributed by atoms with van der Waals surface area (Å²) >= 11 is 2.55. The van der Waals surface area contributed by atoms with E-state index in [4.69, 9.17) is 0 Å². The summed E-state index contributed by atoms with van der Waals surface area (Å²) in [5.41, 5.74) is -0.214. The monoisotopic (exact) mass is 401 g/mol. The van der Waals surface area contributed by atoms with Crippen LogP contribution in [0.3, 0.4) is 0 Å². The summed E-state index contributed by atoms with van der Waals surface area (Å²) < 4.78 is 23.4. The van der Waals surface area contributed by atoms with Crippen LogP contribution in [0.5, 0.6) is 0 Å². The fourth-order valence-electron chi connectivity index (χ4n) is 2.90. The Labute approximate surface area is 153 Å². The maximum Gasteiger partial charge on any atom is 0.260 e. The molecule has 0 radical (unpaired) electrons. The normalized spacial score (nSPS) is 19.3. The van der Waals surface area contributed by atoms with Crippen LogP contribution in [-0.4, -0.2) is 59.0 Å². The fourth-order valence-corrected chi connectivity index (χ4v) is 6.20. The van der Waals surface area contributed by atoms with Crippen molar-refractivity contribution in [2.75, 3.05) is 23.8 Å². The van der Waals surface area contributed by atoms with Gasteiger partial charge < -0.3 is 9.88 Å². The van der Waals surface area contributed by atoms with E-state index in [-0.39, 0.29) is 34.8 Å². The number of nitrogens with one attached hydrogen (secondary N) is 1. The molecule has 0 spiro atoms. The fraction of sp³-hybridized carbons (Fsp3) is 0.533. The summed E-state index contributed by atoms with van der Waals surface area (Å²) in [7, 11) is -3.04. The maximum absolute atomic E-state index is 12.6. The van der Waals surface area contributed by atoms with E-state index in [2.05, 4.69) is 9.97 Å². The number of rotatable bonds is 6. The molecule has 1 fully saturated rings. The zero-order valence-corrected chi connectivity index (χ0v) is 16.2. The van der Waals surface area contributed by atoms with Crippen LogP contribution in [0.4, 0.5) is 0 Å². The van der Waals surface area contributed by atoms with Crippen molar-refractivity contribution < 1.29 is 13.2 Å². The molecule has 1 atom stereocenters.